The van der Waals surface area contributed by atoms with E-state index in [1.165, 1.54) is 30.4 Å². The molecule has 0 unspecified atom stereocenters. The molecule has 0 bridgehead atoms. The maximum Gasteiger partial charge on any atom is 0.310 e. The van der Waals surface area contributed by atoms with Gasteiger partial charge in [-0.05, 0) is 73.1 Å². The number of esters is 1. The molecule has 4 fully saturated rings. The van der Waals surface area contributed by atoms with E-state index in [0.717, 1.165) is 50.5 Å². The average molecular weight is 442 g/mol. The quantitative estimate of drug-likeness (QED) is 0.491. The van der Waals surface area contributed by atoms with Crippen molar-refractivity contribution in [1.82, 2.24) is 4.90 Å². The first-order valence-electron chi connectivity index (χ1n) is 12.0. The van der Waals surface area contributed by atoms with Crippen LogP contribution in [-0.2, 0) is 14.3 Å². The third-order valence-electron chi connectivity index (χ3n) is 9.04. The van der Waals surface area contributed by atoms with Gasteiger partial charge in [0.15, 0.2) is 0 Å². The molecule has 3 aliphatic heterocycles. The monoisotopic (exact) mass is 441 g/mol. The highest BCUT2D eigenvalue weighted by Crippen LogP contribution is 2.62. The normalized spacial score (nSPS) is 42.0. The highest BCUT2D eigenvalue weighted by atomic mass is 35.5. The molecule has 0 amide bonds. The van der Waals surface area contributed by atoms with Gasteiger partial charge in [-0.15, -0.1) is 0 Å². The van der Waals surface area contributed by atoms with Gasteiger partial charge in [0, 0.05) is 30.6 Å². The summed E-state index contributed by atoms with van der Waals surface area (Å²) in [7, 11) is 0. The third-order valence-corrected chi connectivity index (χ3v) is 9.29. The summed E-state index contributed by atoms with van der Waals surface area (Å²) in [5.74, 6) is 0.990. The Morgan fingerprint density at radius 3 is 2.74 bits per heavy atom. The van der Waals surface area contributed by atoms with Gasteiger partial charge in [0.1, 0.15) is 6.10 Å². The van der Waals surface area contributed by atoms with Gasteiger partial charge in [-0.1, -0.05) is 36.7 Å². The molecular formula is C26H32ClNO3. The molecule has 166 valence electrons. The van der Waals surface area contributed by atoms with E-state index in [-0.39, 0.29) is 29.0 Å². The zero-order chi connectivity index (χ0) is 21.2. The second-order valence-corrected chi connectivity index (χ2v) is 11.3. The Bertz CT molecular complexity index is 908. The molecular weight excluding hydrogens is 410 g/mol. The molecule has 2 saturated carbocycles. The van der Waals surface area contributed by atoms with Gasteiger partial charge in [-0.3, -0.25) is 9.69 Å². The van der Waals surface area contributed by atoms with E-state index >= 15 is 0 Å². The van der Waals surface area contributed by atoms with Crippen LogP contribution < -0.4 is 0 Å². The summed E-state index contributed by atoms with van der Waals surface area (Å²) in [5, 5.41) is 0.774. The number of hydrogen-bond acceptors (Lipinski definition) is 4. The molecule has 0 radical (unpaired) electrons. The minimum Gasteiger partial charge on any atom is -0.462 e. The Kier molecular flexibility index (Phi) is 4.79. The van der Waals surface area contributed by atoms with Crippen molar-refractivity contribution in [2.45, 2.75) is 57.2 Å². The summed E-state index contributed by atoms with van der Waals surface area (Å²) >= 11 is 6.03. The largest absolute Gasteiger partial charge is 0.462 e. The Labute approximate surface area is 189 Å². The van der Waals surface area contributed by atoms with Gasteiger partial charge >= 0.3 is 5.97 Å². The van der Waals surface area contributed by atoms with E-state index in [1.54, 1.807) is 0 Å². The second-order valence-electron chi connectivity index (χ2n) is 10.8. The summed E-state index contributed by atoms with van der Waals surface area (Å²) in [6, 6.07) is 8.11. The van der Waals surface area contributed by atoms with Gasteiger partial charge < -0.3 is 9.47 Å². The van der Waals surface area contributed by atoms with Crippen LogP contribution >= 0.6 is 11.6 Å². The van der Waals surface area contributed by atoms with Crippen molar-refractivity contribution in [1.29, 1.82) is 0 Å². The number of nitrogens with zero attached hydrogens (tertiary/aromatic N) is 1. The second kappa shape index (κ2) is 7.33. The van der Waals surface area contributed by atoms with Gasteiger partial charge in [0.05, 0.1) is 18.1 Å². The molecule has 1 aromatic rings. The van der Waals surface area contributed by atoms with Crippen LogP contribution in [0.2, 0.25) is 5.02 Å². The number of benzene rings is 1. The Morgan fingerprint density at radius 2 is 2.03 bits per heavy atom. The van der Waals surface area contributed by atoms with Gasteiger partial charge in [0.2, 0.25) is 0 Å². The Balaban J connectivity index is 1.15. The highest BCUT2D eigenvalue weighted by Gasteiger charge is 2.65. The number of halogens is 1. The molecule has 6 atom stereocenters. The van der Waals surface area contributed by atoms with Crippen molar-refractivity contribution >= 4 is 23.1 Å². The van der Waals surface area contributed by atoms with Gasteiger partial charge in [-0.25, -0.2) is 0 Å². The first-order valence-corrected chi connectivity index (χ1v) is 12.4. The maximum atomic E-state index is 12.9. The number of carbonyl (C=O) groups is 1. The molecule has 5 aliphatic rings. The number of rotatable bonds is 3. The van der Waals surface area contributed by atoms with Crippen molar-refractivity contribution in [3.8, 4) is 0 Å². The van der Waals surface area contributed by atoms with E-state index < -0.39 is 0 Å². The van der Waals surface area contributed by atoms with E-state index in [1.807, 2.05) is 12.1 Å². The summed E-state index contributed by atoms with van der Waals surface area (Å²) < 4.78 is 12.0. The molecule has 1 aromatic carbocycles. The molecule has 31 heavy (non-hydrogen) atoms. The first kappa shape index (κ1) is 20.3. The number of fused-ring (bicyclic) bond motifs is 3. The molecule has 4 nitrogen and oxygen atoms in total. The lowest BCUT2D eigenvalue weighted by molar-refractivity contribution is -0.147. The lowest BCUT2D eigenvalue weighted by atomic mass is 9.53. The fourth-order valence-corrected chi connectivity index (χ4v) is 7.37. The van der Waals surface area contributed by atoms with Crippen LogP contribution in [0.1, 0.15) is 51.0 Å². The third kappa shape index (κ3) is 3.46. The molecule has 2 aliphatic carbocycles. The fraction of sp³-hybridized carbons (Fsp3) is 0.654. The van der Waals surface area contributed by atoms with Crippen LogP contribution in [0.3, 0.4) is 0 Å². The van der Waals surface area contributed by atoms with E-state index in [0.29, 0.717) is 11.8 Å². The highest BCUT2D eigenvalue weighted by molar-refractivity contribution is 6.30. The summed E-state index contributed by atoms with van der Waals surface area (Å²) in [5.41, 5.74) is 3.02. The predicted octanol–water partition coefficient (Wildman–Crippen LogP) is 4.96. The molecule has 1 spiro atoms. The molecule has 2 saturated heterocycles. The summed E-state index contributed by atoms with van der Waals surface area (Å²) in [6.07, 6.45) is 9.25. The van der Waals surface area contributed by atoms with Crippen LogP contribution in [0.15, 0.2) is 30.3 Å². The smallest absolute Gasteiger partial charge is 0.310 e. The summed E-state index contributed by atoms with van der Waals surface area (Å²) in [6.45, 7) is 6.05. The van der Waals surface area contributed by atoms with Crippen molar-refractivity contribution < 1.29 is 14.3 Å². The van der Waals surface area contributed by atoms with Crippen LogP contribution in [0, 0.1) is 23.2 Å². The Morgan fingerprint density at radius 1 is 1.23 bits per heavy atom. The standard InChI is InChI=1S/C26H32ClNO3/c1-25-9-2-10-26(16-30-26)23(25)13-20-21(24(29)31-22(20)14-25)15-28-11-7-18(8-12-28)17-3-5-19(27)6-4-17/h3-7,20-23H,2,8-16H2,1H3/t20-,21+,22+,23-,25+,26-/m0/s1. The molecule has 5 heteroatoms. The maximum absolute atomic E-state index is 12.9. The van der Waals surface area contributed by atoms with E-state index in [2.05, 4.69) is 30.0 Å². The van der Waals surface area contributed by atoms with E-state index in [9.17, 15) is 4.79 Å². The predicted molar refractivity (Wildman–Crippen MR) is 121 cm³/mol. The Hall–Kier alpha value is -1.36. The van der Waals surface area contributed by atoms with Gasteiger partial charge in [-0.2, -0.15) is 0 Å². The lowest BCUT2D eigenvalue weighted by Crippen LogP contribution is -2.51. The SMILES string of the molecule is C[C@]12CCC[C@]3(CO3)[C@H]1C[C@@H]1[C@@H](C2)OC(=O)[C@@H]1CN1CC=C(c2ccc(Cl)cc2)CC1. The van der Waals surface area contributed by atoms with E-state index in [4.69, 9.17) is 21.1 Å². The zero-order valence-electron chi connectivity index (χ0n) is 18.3. The fourth-order valence-electron chi connectivity index (χ4n) is 7.25. The first-order chi connectivity index (χ1) is 15.0. The molecule has 3 heterocycles. The minimum absolute atomic E-state index is 0.0118. The zero-order valence-corrected chi connectivity index (χ0v) is 19.1. The van der Waals surface area contributed by atoms with Crippen LogP contribution in [-0.4, -0.2) is 48.8 Å². The average Bonchev–Trinajstić information content (AvgIpc) is 3.46. The van der Waals surface area contributed by atoms with Crippen LogP contribution in [0.4, 0.5) is 0 Å². The van der Waals surface area contributed by atoms with Crippen molar-refractivity contribution in [2.75, 3.05) is 26.2 Å². The number of ether oxygens (including phenoxy) is 2. The van der Waals surface area contributed by atoms with Crippen molar-refractivity contribution in [3.63, 3.8) is 0 Å². The molecule has 6 rings (SSSR count). The van der Waals surface area contributed by atoms with Crippen molar-refractivity contribution in [2.24, 2.45) is 23.2 Å². The van der Waals surface area contributed by atoms with Gasteiger partial charge in [0.25, 0.3) is 0 Å². The number of hydrogen-bond donors (Lipinski definition) is 0. The van der Waals surface area contributed by atoms with Crippen LogP contribution in [0.25, 0.3) is 5.57 Å². The van der Waals surface area contributed by atoms with Crippen LogP contribution in [0.5, 0.6) is 0 Å². The summed E-state index contributed by atoms with van der Waals surface area (Å²) in [4.78, 5) is 15.3. The lowest BCUT2D eigenvalue weighted by Gasteiger charge is -2.51. The molecule has 0 aromatic heterocycles. The minimum atomic E-state index is 0.0118. The number of carbonyl (C=O) groups excluding carboxylic acids is 1. The van der Waals surface area contributed by atoms with Crippen molar-refractivity contribution in [3.05, 3.63) is 40.9 Å². The number of epoxide rings is 1. The topological polar surface area (TPSA) is 42.1 Å². The molecule has 0 N–H and O–H groups in total.